The number of aliphatic hydroxyl groups is 2. The zero-order chi connectivity index (χ0) is 16.0. The Morgan fingerprint density at radius 1 is 1.17 bits per heavy atom. The molecule has 3 saturated heterocycles. The topological polar surface area (TPSA) is 60.7 Å². The van der Waals surface area contributed by atoms with E-state index < -0.39 is 12.3 Å². The van der Waals surface area contributed by atoms with Crippen LogP contribution in [0.3, 0.4) is 0 Å². The van der Waals surface area contributed by atoms with Crippen molar-refractivity contribution in [3.05, 3.63) is 36.0 Å². The SMILES string of the molecule is Cn1cc(C(O)C(O)N[C@H]2CN3CCC2CC3)c2ccccc21. The quantitative estimate of drug-likeness (QED) is 0.743. The first kappa shape index (κ1) is 15.1. The minimum Gasteiger partial charge on any atom is -0.384 e. The van der Waals surface area contributed by atoms with Crippen molar-refractivity contribution in [1.82, 2.24) is 14.8 Å². The van der Waals surface area contributed by atoms with Crippen molar-refractivity contribution in [1.29, 1.82) is 0 Å². The lowest BCUT2D eigenvalue weighted by Gasteiger charge is -2.46. The van der Waals surface area contributed by atoms with E-state index in [1.807, 2.05) is 42.1 Å². The van der Waals surface area contributed by atoms with Gasteiger partial charge in [0, 0.05) is 42.3 Å². The number of aromatic nitrogens is 1. The third-order valence-corrected chi connectivity index (χ3v) is 5.59. The molecule has 5 rings (SSSR count). The van der Waals surface area contributed by atoms with Crippen molar-refractivity contribution >= 4 is 10.9 Å². The van der Waals surface area contributed by atoms with Gasteiger partial charge in [-0.1, -0.05) is 18.2 Å². The lowest BCUT2D eigenvalue weighted by atomic mass is 9.84. The molecule has 0 amide bonds. The predicted octanol–water partition coefficient (Wildman–Crippen LogP) is 1.21. The molecule has 23 heavy (non-hydrogen) atoms. The molecule has 2 bridgehead atoms. The summed E-state index contributed by atoms with van der Waals surface area (Å²) < 4.78 is 1.99. The molecule has 124 valence electrons. The predicted molar refractivity (Wildman–Crippen MR) is 90.0 cm³/mol. The Bertz CT molecular complexity index is 691. The van der Waals surface area contributed by atoms with Crippen LogP contribution in [0.25, 0.3) is 10.9 Å². The number of rotatable bonds is 4. The van der Waals surface area contributed by atoms with Crippen LogP contribution in [-0.2, 0) is 7.05 Å². The summed E-state index contributed by atoms with van der Waals surface area (Å²) in [6.07, 6.45) is 2.43. The maximum absolute atomic E-state index is 10.7. The number of hydrogen-bond acceptors (Lipinski definition) is 4. The standard InChI is InChI=1S/C18H25N3O2/c1-20-10-14(13-4-2-3-5-16(13)20)17(22)18(23)19-15-11-21-8-6-12(15)7-9-21/h2-5,10,12,15,17-19,22-23H,6-9,11H2,1H3/t15-,17?,18?/m0/s1. The van der Waals surface area contributed by atoms with Gasteiger partial charge in [-0.2, -0.15) is 0 Å². The summed E-state index contributed by atoms with van der Waals surface area (Å²) in [7, 11) is 1.96. The van der Waals surface area contributed by atoms with E-state index in [0.29, 0.717) is 5.92 Å². The van der Waals surface area contributed by atoms with Gasteiger partial charge in [-0.05, 0) is 37.9 Å². The summed E-state index contributed by atoms with van der Waals surface area (Å²) in [5.41, 5.74) is 1.85. The maximum atomic E-state index is 10.7. The van der Waals surface area contributed by atoms with E-state index in [-0.39, 0.29) is 6.04 Å². The minimum absolute atomic E-state index is 0.275. The van der Waals surface area contributed by atoms with Crippen molar-refractivity contribution in [3.8, 4) is 0 Å². The van der Waals surface area contributed by atoms with Crippen molar-refractivity contribution in [3.63, 3.8) is 0 Å². The van der Waals surface area contributed by atoms with Crippen LogP contribution in [0, 0.1) is 5.92 Å². The number of fused-ring (bicyclic) bond motifs is 4. The molecule has 0 radical (unpaired) electrons. The molecule has 5 nitrogen and oxygen atoms in total. The summed E-state index contributed by atoms with van der Waals surface area (Å²) in [5, 5.41) is 25.5. The van der Waals surface area contributed by atoms with Crippen LogP contribution in [0.5, 0.6) is 0 Å². The number of nitrogens with zero attached hydrogens (tertiary/aromatic N) is 2. The van der Waals surface area contributed by atoms with E-state index in [9.17, 15) is 10.2 Å². The normalized spacial score (nSPS) is 29.8. The first-order valence-electron chi connectivity index (χ1n) is 8.52. The molecular weight excluding hydrogens is 290 g/mol. The van der Waals surface area contributed by atoms with E-state index in [1.165, 1.54) is 25.9 Å². The molecule has 1 aromatic carbocycles. The molecular formula is C18H25N3O2. The highest BCUT2D eigenvalue weighted by Gasteiger charge is 2.36. The van der Waals surface area contributed by atoms with Gasteiger partial charge in [0.25, 0.3) is 0 Å². The summed E-state index contributed by atoms with van der Waals surface area (Å²) in [6, 6.07) is 8.25. The van der Waals surface area contributed by atoms with E-state index >= 15 is 0 Å². The van der Waals surface area contributed by atoms with E-state index in [0.717, 1.165) is 23.0 Å². The average Bonchev–Trinajstić information content (AvgIpc) is 2.92. The van der Waals surface area contributed by atoms with Crippen LogP contribution in [0.2, 0.25) is 0 Å². The first-order valence-corrected chi connectivity index (χ1v) is 8.52. The lowest BCUT2D eigenvalue weighted by Crippen LogP contribution is -2.58. The fourth-order valence-corrected chi connectivity index (χ4v) is 4.24. The molecule has 3 aliphatic heterocycles. The first-order chi connectivity index (χ1) is 11.1. The van der Waals surface area contributed by atoms with Crippen LogP contribution < -0.4 is 5.32 Å². The highest BCUT2D eigenvalue weighted by atomic mass is 16.3. The van der Waals surface area contributed by atoms with Crippen LogP contribution >= 0.6 is 0 Å². The summed E-state index contributed by atoms with van der Waals surface area (Å²) in [5.74, 6) is 0.620. The molecule has 4 heterocycles. The largest absolute Gasteiger partial charge is 0.384 e. The molecule has 3 aliphatic rings. The zero-order valence-corrected chi connectivity index (χ0v) is 13.5. The molecule has 1 aromatic heterocycles. The molecule has 2 aromatic rings. The van der Waals surface area contributed by atoms with Gasteiger partial charge in [0.1, 0.15) is 12.3 Å². The van der Waals surface area contributed by atoms with Crippen LogP contribution in [0.4, 0.5) is 0 Å². The average molecular weight is 315 g/mol. The Balaban J connectivity index is 1.52. The Morgan fingerprint density at radius 2 is 1.91 bits per heavy atom. The van der Waals surface area contributed by atoms with Crippen molar-refractivity contribution in [2.75, 3.05) is 19.6 Å². The van der Waals surface area contributed by atoms with E-state index in [1.54, 1.807) is 0 Å². The van der Waals surface area contributed by atoms with Gasteiger partial charge in [0.05, 0.1) is 0 Å². The van der Waals surface area contributed by atoms with Gasteiger partial charge in [0.2, 0.25) is 0 Å². The van der Waals surface area contributed by atoms with Gasteiger partial charge < -0.3 is 19.7 Å². The Hall–Kier alpha value is -1.40. The van der Waals surface area contributed by atoms with Crippen molar-refractivity contribution in [2.45, 2.75) is 31.2 Å². The summed E-state index contributed by atoms with van der Waals surface area (Å²) in [4.78, 5) is 2.44. The van der Waals surface area contributed by atoms with Crippen molar-refractivity contribution in [2.24, 2.45) is 13.0 Å². The molecule has 5 heteroatoms. The lowest BCUT2D eigenvalue weighted by molar-refractivity contribution is -0.0334. The molecule has 0 saturated carbocycles. The second-order valence-corrected chi connectivity index (χ2v) is 7.01. The number of aliphatic hydroxyl groups excluding tert-OH is 2. The number of para-hydroxylation sites is 1. The van der Waals surface area contributed by atoms with E-state index in [4.69, 9.17) is 0 Å². The minimum atomic E-state index is -0.939. The number of benzene rings is 1. The van der Waals surface area contributed by atoms with Gasteiger partial charge in [-0.15, -0.1) is 0 Å². The highest BCUT2D eigenvalue weighted by Crippen LogP contribution is 2.30. The van der Waals surface area contributed by atoms with Gasteiger partial charge >= 0.3 is 0 Å². The Labute approximate surface area is 136 Å². The fraction of sp³-hybridized carbons (Fsp3) is 0.556. The third kappa shape index (κ3) is 2.68. The maximum Gasteiger partial charge on any atom is 0.135 e. The van der Waals surface area contributed by atoms with Gasteiger partial charge in [-0.3, -0.25) is 5.32 Å². The molecule has 3 atom stereocenters. The molecule has 2 unspecified atom stereocenters. The van der Waals surface area contributed by atoms with Gasteiger partial charge in [-0.25, -0.2) is 0 Å². The van der Waals surface area contributed by atoms with E-state index in [2.05, 4.69) is 10.2 Å². The zero-order valence-electron chi connectivity index (χ0n) is 13.5. The number of piperidine rings is 3. The van der Waals surface area contributed by atoms with Crippen LogP contribution in [0.1, 0.15) is 24.5 Å². The van der Waals surface area contributed by atoms with Gasteiger partial charge in [0.15, 0.2) is 0 Å². The molecule has 0 spiro atoms. The molecule has 3 N–H and O–H groups in total. The second kappa shape index (κ2) is 5.91. The smallest absolute Gasteiger partial charge is 0.135 e. The Kier molecular flexibility index (Phi) is 3.89. The number of aryl methyl sites for hydroxylation is 1. The fourth-order valence-electron chi connectivity index (χ4n) is 4.24. The summed E-state index contributed by atoms with van der Waals surface area (Å²) >= 11 is 0. The monoisotopic (exact) mass is 315 g/mol. The Morgan fingerprint density at radius 3 is 2.61 bits per heavy atom. The summed E-state index contributed by atoms with van der Waals surface area (Å²) in [6.45, 7) is 3.32. The van der Waals surface area contributed by atoms with Crippen molar-refractivity contribution < 1.29 is 10.2 Å². The van der Waals surface area contributed by atoms with Crippen LogP contribution in [-0.4, -0.2) is 51.6 Å². The molecule has 0 aliphatic carbocycles. The number of nitrogens with one attached hydrogen (secondary N) is 1. The van der Waals surface area contributed by atoms with Crippen LogP contribution in [0.15, 0.2) is 30.5 Å². The number of hydrogen-bond donors (Lipinski definition) is 3. The second-order valence-electron chi connectivity index (χ2n) is 7.01. The third-order valence-electron chi connectivity index (χ3n) is 5.59. The highest BCUT2D eigenvalue weighted by molar-refractivity contribution is 5.84. The molecule has 3 fully saturated rings.